The standard InChI is InChI=1S/C10H19ClO/c1-2-4-9(8-11)7-10-5-3-6-12-10/h9-10H,2-8H2,1H3/t9?,10-/m1/s1. The van der Waals surface area contributed by atoms with E-state index in [-0.39, 0.29) is 0 Å². The Morgan fingerprint density at radius 2 is 2.42 bits per heavy atom. The number of alkyl halides is 1. The smallest absolute Gasteiger partial charge is 0.0579 e. The van der Waals surface area contributed by atoms with Gasteiger partial charge in [-0.3, -0.25) is 0 Å². The molecule has 1 aliphatic heterocycles. The zero-order chi connectivity index (χ0) is 8.81. The number of hydrogen-bond donors (Lipinski definition) is 0. The summed E-state index contributed by atoms with van der Waals surface area (Å²) in [5.74, 6) is 1.48. The number of ether oxygens (including phenoxy) is 1. The first kappa shape index (κ1) is 10.3. The van der Waals surface area contributed by atoms with Gasteiger partial charge in [-0.25, -0.2) is 0 Å². The Morgan fingerprint density at radius 3 is 2.92 bits per heavy atom. The normalized spacial score (nSPS) is 26.0. The number of rotatable bonds is 5. The van der Waals surface area contributed by atoms with Crippen molar-refractivity contribution in [2.24, 2.45) is 5.92 Å². The van der Waals surface area contributed by atoms with E-state index >= 15 is 0 Å². The lowest BCUT2D eigenvalue weighted by atomic mass is 9.97. The van der Waals surface area contributed by atoms with Crippen molar-refractivity contribution < 1.29 is 4.74 Å². The topological polar surface area (TPSA) is 9.23 Å². The van der Waals surface area contributed by atoms with Gasteiger partial charge in [-0.05, 0) is 31.6 Å². The molecule has 1 heterocycles. The van der Waals surface area contributed by atoms with Crippen LogP contribution in [0.4, 0.5) is 0 Å². The number of halogens is 1. The van der Waals surface area contributed by atoms with Gasteiger partial charge in [0.25, 0.3) is 0 Å². The van der Waals surface area contributed by atoms with Crippen molar-refractivity contribution in [1.82, 2.24) is 0 Å². The zero-order valence-electron chi connectivity index (χ0n) is 7.89. The molecule has 0 aromatic heterocycles. The molecule has 1 unspecified atom stereocenters. The third-order valence-electron chi connectivity index (χ3n) is 2.54. The monoisotopic (exact) mass is 190 g/mol. The van der Waals surface area contributed by atoms with Crippen molar-refractivity contribution >= 4 is 11.6 Å². The van der Waals surface area contributed by atoms with Crippen molar-refractivity contribution in [3.63, 3.8) is 0 Å². The van der Waals surface area contributed by atoms with Gasteiger partial charge >= 0.3 is 0 Å². The summed E-state index contributed by atoms with van der Waals surface area (Å²) >= 11 is 5.87. The molecule has 12 heavy (non-hydrogen) atoms. The van der Waals surface area contributed by atoms with Crippen LogP contribution >= 0.6 is 11.6 Å². The van der Waals surface area contributed by atoms with Crippen molar-refractivity contribution in [3.05, 3.63) is 0 Å². The Bertz CT molecular complexity index is 110. The molecule has 72 valence electrons. The van der Waals surface area contributed by atoms with Crippen LogP contribution in [0, 0.1) is 5.92 Å². The van der Waals surface area contributed by atoms with Gasteiger partial charge in [0.15, 0.2) is 0 Å². The van der Waals surface area contributed by atoms with Crippen molar-refractivity contribution in [3.8, 4) is 0 Å². The third kappa shape index (κ3) is 3.32. The summed E-state index contributed by atoms with van der Waals surface area (Å²) in [6, 6.07) is 0. The van der Waals surface area contributed by atoms with Crippen LogP contribution in [-0.4, -0.2) is 18.6 Å². The summed E-state index contributed by atoms with van der Waals surface area (Å²) in [6.07, 6.45) is 6.67. The fraction of sp³-hybridized carbons (Fsp3) is 1.00. The minimum absolute atomic E-state index is 0.514. The van der Waals surface area contributed by atoms with Gasteiger partial charge in [0.05, 0.1) is 6.10 Å². The highest BCUT2D eigenvalue weighted by Gasteiger charge is 2.19. The summed E-state index contributed by atoms with van der Waals surface area (Å²) in [6.45, 7) is 3.18. The predicted octanol–water partition coefficient (Wildman–Crippen LogP) is 3.21. The van der Waals surface area contributed by atoms with E-state index in [1.54, 1.807) is 0 Å². The van der Waals surface area contributed by atoms with Gasteiger partial charge in [-0.2, -0.15) is 0 Å². The summed E-state index contributed by atoms with van der Waals surface area (Å²) in [4.78, 5) is 0. The lowest BCUT2D eigenvalue weighted by molar-refractivity contribution is 0.0910. The Labute approximate surface area is 80.4 Å². The zero-order valence-corrected chi connectivity index (χ0v) is 8.65. The largest absolute Gasteiger partial charge is 0.378 e. The molecule has 1 aliphatic rings. The first-order valence-electron chi connectivity index (χ1n) is 5.04. The fourth-order valence-corrected chi connectivity index (χ4v) is 2.15. The van der Waals surface area contributed by atoms with E-state index in [0.717, 1.165) is 12.5 Å². The van der Waals surface area contributed by atoms with Gasteiger partial charge in [0.1, 0.15) is 0 Å². The highest BCUT2D eigenvalue weighted by molar-refractivity contribution is 6.18. The van der Waals surface area contributed by atoms with E-state index in [4.69, 9.17) is 16.3 Å². The molecular formula is C10H19ClO. The van der Waals surface area contributed by atoms with Crippen LogP contribution in [0.2, 0.25) is 0 Å². The average Bonchev–Trinajstić information content (AvgIpc) is 2.56. The fourth-order valence-electron chi connectivity index (χ4n) is 1.87. The first-order chi connectivity index (χ1) is 5.86. The molecule has 0 aromatic rings. The maximum absolute atomic E-state index is 5.87. The molecule has 0 saturated carbocycles. The molecule has 1 fully saturated rings. The molecule has 2 heteroatoms. The van der Waals surface area contributed by atoms with Crippen molar-refractivity contribution in [1.29, 1.82) is 0 Å². The second-order valence-corrected chi connectivity index (χ2v) is 3.99. The molecular weight excluding hydrogens is 172 g/mol. The van der Waals surface area contributed by atoms with Crippen LogP contribution in [0.15, 0.2) is 0 Å². The van der Waals surface area contributed by atoms with Gasteiger partial charge in [0, 0.05) is 12.5 Å². The second-order valence-electron chi connectivity index (χ2n) is 3.68. The molecule has 0 radical (unpaired) electrons. The molecule has 1 rings (SSSR count). The Hall–Kier alpha value is 0.250. The van der Waals surface area contributed by atoms with Gasteiger partial charge < -0.3 is 4.74 Å². The van der Waals surface area contributed by atoms with Crippen LogP contribution in [-0.2, 0) is 4.74 Å². The van der Waals surface area contributed by atoms with E-state index < -0.39 is 0 Å². The minimum atomic E-state index is 0.514. The van der Waals surface area contributed by atoms with Gasteiger partial charge in [-0.15, -0.1) is 11.6 Å². The van der Waals surface area contributed by atoms with Crippen LogP contribution in [0.1, 0.15) is 39.0 Å². The van der Waals surface area contributed by atoms with E-state index in [1.807, 2.05) is 0 Å². The molecule has 1 saturated heterocycles. The van der Waals surface area contributed by atoms with E-state index in [0.29, 0.717) is 12.0 Å². The molecule has 0 aliphatic carbocycles. The van der Waals surface area contributed by atoms with Crippen LogP contribution in [0.25, 0.3) is 0 Å². The molecule has 2 atom stereocenters. The minimum Gasteiger partial charge on any atom is -0.378 e. The summed E-state index contributed by atoms with van der Waals surface area (Å²) in [5.41, 5.74) is 0. The van der Waals surface area contributed by atoms with E-state index in [1.165, 1.54) is 32.1 Å². The van der Waals surface area contributed by atoms with Gasteiger partial charge in [0.2, 0.25) is 0 Å². The Morgan fingerprint density at radius 1 is 1.58 bits per heavy atom. The third-order valence-corrected chi connectivity index (χ3v) is 2.97. The second kappa shape index (κ2) is 5.82. The van der Waals surface area contributed by atoms with E-state index in [9.17, 15) is 0 Å². The lowest BCUT2D eigenvalue weighted by Crippen LogP contribution is -2.13. The highest BCUT2D eigenvalue weighted by atomic mass is 35.5. The van der Waals surface area contributed by atoms with Crippen molar-refractivity contribution in [2.45, 2.75) is 45.1 Å². The molecule has 0 bridgehead atoms. The highest BCUT2D eigenvalue weighted by Crippen LogP contribution is 2.23. The SMILES string of the molecule is CCCC(CCl)C[C@H]1CCCO1. The Balaban J connectivity index is 2.16. The molecule has 0 spiro atoms. The van der Waals surface area contributed by atoms with Gasteiger partial charge in [-0.1, -0.05) is 13.3 Å². The summed E-state index contributed by atoms with van der Waals surface area (Å²) < 4.78 is 5.57. The van der Waals surface area contributed by atoms with Crippen LogP contribution in [0.5, 0.6) is 0 Å². The lowest BCUT2D eigenvalue weighted by Gasteiger charge is -2.16. The Kier molecular flexibility index (Phi) is 5.01. The summed E-state index contributed by atoms with van der Waals surface area (Å²) in [7, 11) is 0. The predicted molar refractivity (Wildman–Crippen MR) is 52.7 cm³/mol. The quantitative estimate of drug-likeness (QED) is 0.605. The van der Waals surface area contributed by atoms with Crippen LogP contribution in [0.3, 0.4) is 0 Å². The molecule has 0 amide bonds. The van der Waals surface area contributed by atoms with E-state index in [2.05, 4.69) is 6.92 Å². The van der Waals surface area contributed by atoms with Crippen LogP contribution < -0.4 is 0 Å². The molecule has 0 N–H and O–H groups in total. The molecule has 0 aromatic carbocycles. The maximum Gasteiger partial charge on any atom is 0.0579 e. The first-order valence-corrected chi connectivity index (χ1v) is 5.57. The average molecular weight is 191 g/mol. The summed E-state index contributed by atoms with van der Waals surface area (Å²) in [5, 5.41) is 0. The maximum atomic E-state index is 5.87. The number of hydrogen-bond acceptors (Lipinski definition) is 1. The van der Waals surface area contributed by atoms with Crippen molar-refractivity contribution in [2.75, 3.05) is 12.5 Å². The molecule has 1 nitrogen and oxygen atoms in total.